The van der Waals surface area contributed by atoms with Crippen molar-refractivity contribution in [2.24, 2.45) is 10.7 Å². The molecule has 0 radical (unpaired) electrons. The number of carbonyl (C=O) groups is 2. The molecule has 192 valence electrons. The maximum Gasteiger partial charge on any atom is 0.279 e. The third-order valence-electron chi connectivity index (χ3n) is 5.07. The van der Waals surface area contributed by atoms with Gasteiger partial charge in [-0.05, 0) is 44.2 Å². The van der Waals surface area contributed by atoms with Crippen molar-refractivity contribution in [3.8, 4) is 23.0 Å². The molecule has 10 nitrogen and oxygen atoms in total. The zero-order valence-corrected chi connectivity index (χ0v) is 21.0. The number of hydrogen-bond acceptors (Lipinski definition) is 7. The van der Waals surface area contributed by atoms with E-state index in [-0.39, 0.29) is 58.5 Å². The van der Waals surface area contributed by atoms with Gasteiger partial charge in [-0.15, -0.1) is 0 Å². The highest BCUT2D eigenvalue weighted by Gasteiger charge is 2.25. The highest BCUT2D eigenvalue weighted by Crippen LogP contribution is 2.41. The van der Waals surface area contributed by atoms with Gasteiger partial charge in [0, 0.05) is 31.4 Å². The second-order valence-electron chi connectivity index (χ2n) is 7.97. The van der Waals surface area contributed by atoms with E-state index in [9.17, 15) is 14.7 Å². The van der Waals surface area contributed by atoms with E-state index in [1.165, 1.54) is 18.2 Å². The molecule has 0 aromatic heterocycles. The van der Waals surface area contributed by atoms with Gasteiger partial charge in [0.25, 0.3) is 11.8 Å². The van der Waals surface area contributed by atoms with E-state index in [2.05, 4.69) is 10.3 Å². The number of halogens is 1. The largest absolute Gasteiger partial charge is 0.489 e. The average molecular weight is 517 g/mol. The number of likely N-dealkylation sites (N-methyl/N-ethyl adjacent to an activating group) is 1. The molecule has 3 rings (SSSR count). The van der Waals surface area contributed by atoms with E-state index in [0.717, 1.165) is 0 Å². The number of aliphatic hydroxyl groups excluding tert-OH is 1. The molecule has 2 aromatic rings. The minimum Gasteiger partial charge on any atom is -0.489 e. The smallest absolute Gasteiger partial charge is 0.279 e. The lowest BCUT2D eigenvalue weighted by Crippen LogP contribution is -2.27. The Kier molecular flexibility index (Phi) is 9.15. The molecule has 1 heterocycles. The summed E-state index contributed by atoms with van der Waals surface area (Å²) in [5, 5.41) is 12.4. The molecular formula is C25H29ClN4O6. The predicted molar refractivity (Wildman–Crippen MR) is 136 cm³/mol. The Hall–Kier alpha value is -3.76. The van der Waals surface area contributed by atoms with Crippen molar-refractivity contribution >= 4 is 29.3 Å². The number of amides is 2. The number of nitrogens with two attached hydrogens (primary N) is 1. The highest BCUT2D eigenvalue weighted by molar-refractivity contribution is 6.34. The van der Waals surface area contributed by atoms with Crippen molar-refractivity contribution in [2.45, 2.75) is 20.0 Å². The number of aliphatic hydroxyl groups is 1. The number of amidine groups is 1. The first-order chi connectivity index (χ1) is 17.2. The van der Waals surface area contributed by atoms with Gasteiger partial charge < -0.3 is 35.3 Å². The number of ether oxygens (including phenoxy) is 3. The Balaban J connectivity index is 1.96. The van der Waals surface area contributed by atoms with Crippen LogP contribution in [0.3, 0.4) is 0 Å². The van der Waals surface area contributed by atoms with Crippen LogP contribution in [0.15, 0.2) is 47.6 Å². The number of nitrogens with one attached hydrogen (secondary N) is 1. The highest BCUT2D eigenvalue weighted by atomic mass is 35.5. The number of nitrogens with zero attached hydrogens (tertiary/aromatic N) is 2. The van der Waals surface area contributed by atoms with Crippen LogP contribution in [0.1, 0.15) is 34.6 Å². The van der Waals surface area contributed by atoms with Crippen LogP contribution in [-0.2, 0) is 0 Å². The van der Waals surface area contributed by atoms with Gasteiger partial charge in [-0.25, -0.2) is 0 Å². The monoisotopic (exact) mass is 516 g/mol. The molecule has 0 saturated heterocycles. The number of aliphatic imine (C=N–C) groups is 1. The molecule has 11 heteroatoms. The van der Waals surface area contributed by atoms with Crippen LogP contribution >= 0.6 is 11.6 Å². The van der Waals surface area contributed by atoms with Gasteiger partial charge in [-0.3, -0.25) is 9.59 Å². The fraction of sp³-hybridized carbons (Fsp3) is 0.320. The summed E-state index contributed by atoms with van der Waals surface area (Å²) in [5.41, 5.74) is 6.29. The van der Waals surface area contributed by atoms with E-state index in [0.29, 0.717) is 18.7 Å². The zero-order valence-electron chi connectivity index (χ0n) is 20.3. The molecule has 0 saturated carbocycles. The van der Waals surface area contributed by atoms with Crippen LogP contribution in [0.5, 0.6) is 23.0 Å². The second kappa shape index (κ2) is 12.3. The summed E-state index contributed by atoms with van der Waals surface area (Å²) >= 11 is 6.54. The van der Waals surface area contributed by atoms with E-state index < -0.39 is 12.0 Å². The fourth-order valence-electron chi connectivity index (χ4n) is 3.22. The molecule has 1 aliphatic heterocycles. The summed E-state index contributed by atoms with van der Waals surface area (Å²) in [6.07, 6.45) is 2.53. The van der Waals surface area contributed by atoms with Crippen LogP contribution in [0.25, 0.3) is 0 Å². The van der Waals surface area contributed by atoms with Gasteiger partial charge >= 0.3 is 0 Å². The van der Waals surface area contributed by atoms with Gasteiger partial charge in [-0.2, -0.15) is 4.99 Å². The first-order valence-corrected chi connectivity index (χ1v) is 11.7. The summed E-state index contributed by atoms with van der Waals surface area (Å²) < 4.78 is 17.4. The molecule has 1 atom stereocenters. The van der Waals surface area contributed by atoms with Gasteiger partial charge in [0.2, 0.25) is 0 Å². The summed E-state index contributed by atoms with van der Waals surface area (Å²) in [5.74, 6) is 0.117. The van der Waals surface area contributed by atoms with Crippen LogP contribution < -0.4 is 25.3 Å². The maximum absolute atomic E-state index is 12.8. The summed E-state index contributed by atoms with van der Waals surface area (Å²) in [6, 6.07) is 7.61. The Labute approximate surface area is 214 Å². The first-order valence-electron chi connectivity index (χ1n) is 11.3. The van der Waals surface area contributed by atoms with Crippen molar-refractivity contribution in [3.63, 3.8) is 0 Å². The number of benzene rings is 2. The van der Waals surface area contributed by atoms with Crippen molar-refractivity contribution < 1.29 is 28.9 Å². The third-order valence-corrected chi connectivity index (χ3v) is 5.43. The summed E-state index contributed by atoms with van der Waals surface area (Å²) in [6.45, 7) is 4.75. The van der Waals surface area contributed by atoms with Gasteiger partial charge in [0.1, 0.15) is 40.8 Å². The molecular weight excluding hydrogens is 488 g/mol. The minimum atomic E-state index is -0.620. The second-order valence-corrected chi connectivity index (χ2v) is 8.35. The SMILES string of the molecule is CCN/C=C\C(N)=NC(=O)c1cc(Oc2ccc3c(c2Cl)OCCN(C)C3=O)cc(OC(C)CO)c1. The standard InChI is InChI=1S/C25H29ClN4O6/c1-4-28-8-7-21(27)29-24(32)16-11-17(35-15(2)14-31)13-18(12-16)36-20-6-5-19-23(22(20)26)34-10-9-30(3)25(19)33/h5-8,11-13,15,28,31H,4,9-10,14H2,1-3H3,(H2,27,29,32)/b8-7-. The fourth-order valence-corrected chi connectivity index (χ4v) is 3.48. The third kappa shape index (κ3) is 6.67. The van der Waals surface area contributed by atoms with Crippen LogP contribution in [0, 0.1) is 0 Å². The first kappa shape index (κ1) is 26.8. The molecule has 0 bridgehead atoms. The Morgan fingerprint density at radius 2 is 2.11 bits per heavy atom. The lowest BCUT2D eigenvalue weighted by molar-refractivity contribution is 0.0796. The number of fused-ring (bicyclic) bond motifs is 1. The van der Waals surface area contributed by atoms with Crippen LogP contribution in [0.2, 0.25) is 5.02 Å². The molecule has 0 fully saturated rings. The van der Waals surface area contributed by atoms with Crippen molar-refractivity contribution in [3.05, 3.63) is 58.8 Å². The predicted octanol–water partition coefficient (Wildman–Crippen LogP) is 2.98. The van der Waals surface area contributed by atoms with Gasteiger partial charge in [0.15, 0.2) is 5.75 Å². The molecule has 1 aliphatic rings. The zero-order chi connectivity index (χ0) is 26.2. The van der Waals surface area contributed by atoms with E-state index in [1.54, 1.807) is 43.3 Å². The summed E-state index contributed by atoms with van der Waals surface area (Å²) in [4.78, 5) is 30.8. The molecule has 4 N–H and O–H groups in total. The molecule has 0 aliphatic carbocycles. The van der Waals surface area contributed by atoms with E-state index in [4.69, 9.17) is 31.5 Å². The topological polar surface area (TPSA) is 136 Å². The maximum atomic E-state index is 12.8. The number of carbonyl (C=O) groups excluding carboxylic acids is 2. The Morgan fingerprint density at radius 3 is 2.83 bits per heavy atom. The number of rotatable bonds is 9. The van der Waals surface area contributed by atoms with Crippen molar-refractivity contribution in [2.75, 3.05) is 33.4 Å². The molecule has 2 amide bonds. The Bertz CT molecular complexity index is 1180. The summed E-state index contributed by atoms with van der Waals surface area (Å²) in [7, 11) is 1.68. The van der Waals surface area contributed by atoms with Crippen LogP contribution in [-0.4, -0.2) is 67.1 Å². The quantitative estimate of drug-likeness (QED) is 0.342. The minimum absolute atomic E-state index is 0.0130. The lowest BCUT2D eigenvalue weighted by Gasteiger charge is -2.16. The molecule has 1 unspecified atom stereocenters. The van der Waals surface area contributed by atoms with Crippen molar-refractivity contribution in [1.82, 2.24) is 10.2 Å². The van der Waals surface area contributed by atoms with Crippen LogP contribution in [0.4, 0.5) is 0 Å². The molecule has 2 aromatic carbocycles. The number of hydrogen-bond donors (Lipinski definition) is 3. The van der Waals surface area contributed by atoms with Gasteiger partial charge in [-0.1, -0.05) is 11.6 Å². The van der Waals surface area contributed by atoms with E-state index >= 15 is 0 Å². The normalized spacial score (nSPS) is 14.6. The van der Waals surface area contributed by atoms with E-state index in [1.807, 2.05) is 6.92 Å². The van der Waals surface area contributed by atoms with Gasteiger partial charge in [0.05, 0.1) is 18.7 Å². The lowest BCUT2D eigenvalue weighted by atomic mass is 10.1. The molecule has 0 spiro atoms. The van der Waals surface area contributed by atoms with Crippen molar-refractivity contribution in [1.29, 1.82) is 0 Å². The molecule has 36 heavy (non-hydrogen) atoms. The average Bonchev–Trinajstić information content (AvgIpc) is 2.99. The Morgan fingerprint density at radius 1 is 1.36 bits per heavy atom.